The van der Waals surface area contributed by atoms with Gasteiger partial charge in [-0.2, -0.15) is 0 Å². The molecule has 1 aromatic rings. The van der Waals surface area contributed by atoms with E-state index in [1.54, 1.807) is 0 Å². The lowest BCUT2D eigenvalue weighted by atomic mass is 9.95. The molecule has 0 aliphatic carbocycles. The van der Waals surface area contributed by atoms with E-state index in [9.17, 15) is 4.79 Å². The van der Waals surface area contributed by atoms with Gasteiger partial charge < -0.3 is 5.73 Å². The van der Waals surface area contributed by atoms with Crippen LogP contribution in [0.5, 0.6) is 0 Å². The van der Waals surface area contributed by atoms with Crippen LogP contribution in [0.15, 0.2) is 5.38 Å². The van der Waals surface area contributed by atoms with E-state index in [4.69, 9.17) is 5.73 Å². The third kappa shape index (κ3) is 3.39. The van der Waals surface area contributed by atoms with Gasteiger partial charge in [0.15, 0.2) is 5.78 Å². The first-order valence-corrected chi connectivity index (χ1v) is 6.11. The molecular formula is C11H18N2OS. The van der Waals surface area contributed by atoms with Gasteiger partial charge in [-0.05, 0) is 12.8 Å². The zero-order valence-electron chi connectivity index (χ0n) is 9.49. The second kappa shape index (κ2) is 5.37. The molecule has 3 nitrogen and oxygen atoms in total. The van der Waals surface area contributed by atoms with Crippen LogP contribution in [0.2, 0.25) is 0 Å². The summed E-state index contributed by atoms with van der Waals surface area (Å²) in [6.45, 7) is 5.99. The Labute approximate surface area is 94.7 Å². The minimum atomic E-state index is -0.348. The summed E-state index contributed by atoms with van der Waals surface area (Å²) in [4.78, 5) is 16.0. The van der Waals surface area contributed by atoms with Gasteiger partial charge in [0.2, 0.25) is 0 Å². The molecule has 4 heteroatoms. The number of nitrogens with two attached hydrogens (primary N) is 1. The number of thiazole rings is 1. The Morgan fingerprint density at radius 2 is 2.33 bits per heavy atom. The maximum Gasteiger partial charge on any atom is 0.156 e. The van der Waals surface area contributed by atoms with E-state index in [-0.39, 0.29) is 17.7 Å². The fraction of sp³-hybridized carbons (Fsp3) is 0.636. The standard InChI is InChI=1S/C11H18N2OS/c1-4-7(2)11(12)9(14)5-10-13-8(3)6-15-10/h6-7,11H,4-5,12H2,1-3H3. The number of rotatable bonds is 5. The number of carbonyl (C=O) groups excluding carboxylic acids is 1. The highest BCUT2D eigenvalue weighted by molar-refractivity contribution is 7.09. The molecule has 0 amide bonds. The third-order valence-corrected chi connectivity index (χ3v) is 3.59. The topological polar surface area (TPSA) is 56.0 Å². The monoisotopic (exact) mass is 226 g/mol. The summed E-state index contributed by atoms with van der Waals surface area (Å²) >= 11 is 1.53. The van der Waals surface area contributed by atoms with Crippen LogP contribution in [-0.2, 0) is 11.2 Å². The number of ketones is 1. The lowest BCUT2D eigenvalue weighted by Crippen LogP contribution is -2.37. The summed E-state index contributed by atoms with van der Waals surface area (Å²) in [6.07, 6.45) is 1.31. The Bertz CT molecular complexity index is 335. The number of nitrogens with zero attached hydrogens (tertiary/aromatic N) is 1. The van der Waals surface area contributed by atoms with Gasteiger partial charge in [-0.3, -0.25) is 4.79 Å². The first kappa shape index (κ1) is 12.3. The van der Waals surface area contributed by atoms with E-state index in [1.165, 1.54) is 11.3 Å². The van der Waals surface area contributed by atoms with Gasteiger partial charge in [0.1, 0.15) is 5.01 Å². The largest absolute Gasteiger partial charge is 0.321 e. The maximum atomic E-state index is 11.8. The number of aryl methyl sites for hydroxylation is 1. The predicted molar refractivity (Wildman–Crippen MR) is 63.0 cm³/mol. The van der Waals surface area contributed by atoms with Crippen LogP contribution in [0.4, 0.5) is 0 Å². The van der Waals surface area contributed by atoms with Crippen LogP contribution >= 0.6 is 11.3 Å². The summed E-state index contributed by atoms with van der Waals surface area (Å²) in [6, 6.07) is -0.348. The summed E-state index contributed by atoms with van der Waals surface area (Å²) in [5.41, 5.74) is 6.83. The predicted octanol–water partition coefficient (Wildman–Crippen LogP) is 1.94. The molecule has 0 radical (unpaired) electrons. The molecule has 0 saturated carbocycles. The van der Waals surface area contributed by atoms with Gasteiger partial charge in [-0.25, -0.2) is 4.98 Å². The third-order valence-electron chi connectivity index (χ3n) is 2.62. The van der Waals surface area contributed by atoms with Gasteiger partial charge in [-0.1, -0.05) is 20.3 Å². The maximum absolute atomic E-state index is 11.8. The van der Waals surface area contributed by atoms with Crippen molar-refractivity contribution in [2.45, 2.75) is 39.7 Å². The first-order valence-electron chi connectivity index (χ1n) is 5.23. The average Bonchev–Trinajstić information content (AvgIpc) is 2.61. The molecule has 0 bridgehead atoms. The summed E-state index contributed by atoms with van der Waals surface area (Å²) in [5.74, 6) is 0.345. The molecule has 2 unspecified atom stereocenters. The highest BCUT2D eigenvalue weighted by Crippen LogP contribution is 2.13. The van der Waals surface area contributed by atoms with Gasteiger partial charge >= 0.3 is 0 Å². The Morgan fingerprint density at radius 3 is 2.80 bits per heavy atom. The van der Waals surface area contributed by atoms with E-state index in [1.807, 2.05) is 26.2 Å². The Hall–Kier alpha value is -0.740. The van der Waals surface area contributed by atoms with E-state index in [0.29, 0.717) is 6.42 Å². The highest BCUT2D eigenvalue weighted by atomic mass is 32.1. The Kier molecular flexibility index (Phi) is 4.42. The van der Waals surface area contributed by atoms with E-state index < -0.39 is 0 Å². The summed E-state index contributed by atoms with van der Waals surface area (Å²) in [5, 5.41) is 2.83. The second-order valence-corrected chi connectivity index (χ2v) is 4.88. The summed E-state index contributed by atoms with van der Waals surface area (Å²) in [7, 11) is 0. The molecular weight excluding hydrogens is 208 g/mol. The molecule has 2 N–H and O–H groups in total. The molecule has 2 atom stereocenters. The van der Waals surface area contributed by atoms with E-state index in [2.05, 4.69) is 4.98 Å². The van der Waals surface area contributed by atoms with Crippen molar-refractivity contribution >= 4 is 17.1 Å². The molecule has 1 aromatic heterocycles. The molecule has 0 aliphatic rings. The van der Waals surface area contributed by atoms with Crippen molar-refractivity contribution in [1.29, 1.82) is 0 Å². The molecule has 0 spiro atoms. The minimum Gasteiger partial charge on any atom is -0.321 e. The molecule has 0 saturated heterocycles. The second-order valence-electron chi connectivity index (χ2n) is 3.94. The SMILES string of the molecule is CCC(C)C(N)C(=O)Cc1nc(C)cs1. The van der Waals surface area contributed by atoms with Gasteiger partial charge in [0.05, 0.1) is 12.5 Å². The Morgan fingerprint density at radius 1 is 1.67 bits per heavy atom. The van der Waals surface area contributed by atoms with Crippen LogP contribution in [0.25, 0.3) is 0 Å². The van der Waals surface area contributed by atoms with E-state index in [0.717, 1.165) is 17.1 Å². The van der Waals surface area contributed by atoms with Crippen molar-refractivity contribution in [3.05, 3.63) is 16.1 Å². The number of hydrogen-bond acceptors (Lipinski definition) is 4. The fourth-order valence-corrected chi connectivity index (χ4v) is 2.10. The minimum absolute atomic E-state index is 0.0960. The lowest BCUT2D eigenvalue weighted by Gasteiger charge is -2.15. The van der Waals surface area contributed by atoms with Gasteiger partial charge in [-0.15, -0.1) is 11.3 Å². The molecule has 1 heterocycles. The average molecular weight is 226 g/mol. The van der Waals surface area contributed by atoms with Crippen molar-refractivity contribution in [3.63, 3.8) is 0 Å². The zero-order chi connectivity index (χ0) is 11.4. The molecule has 1 rings (SSSR count). The zero-order valence-corrected chi connectivity index (χ0v) is 10.3. The van der Waals surface area contributed by atoms with Crippen molar-refractivity contribution in [2.75, 3.05) is 0 Å². The van der Waals surface area contributed by atoms with Crippen molar-refractivity contribution in [2.24, 2.45) is 11.7 Å². The van der Waals surface area contributed by atoms with Gasteiger partial charge in [0.25, 0.3) is 0 Å². The normalized spacial score (nSPS) is 14.9. The number of carbonyl (C=O) groups is 1. The molecule has 0 aliphatic heterocycles. The highest BCUT2D eigenvalue weighted by Gasteiger charge is 2.20. The van der Waals surface area contributed by atoms with Crippen molar-refractivity contribution < 1.29 is 4.79 Å². The number of aromatic nitrogens is 1. The molecule has 0 fully saturated rings. The van der Waals surface area contributed by atoms with E-state index >= 15 is 0 Å². The van der Waals surface area contributed by atoms with Crippen LogP contribution in [0.3, 0.4) is 0 Å². The smallest absolute Gasteiger partial charge is 0.156 e. The molecule has 0 aromatic carbocycles. The lowest BCUT2D eigenvalue weighted by molar-refractivity contribution is -0.120. The molecule has 15 heavy (non-hydrogen) atoms. The number of hydrogen-bond donors (Lipinski definition) is 1. The summed E-state index contributed by atoms with van der Waals surface area (Å²) < 4.78 is 0. The fourth-order valence-electron chi connectivity index (χ4n) is 1.32. The number of Topliss-reactive ketones (excluding diaryl/α,β-unsaturated/α-hetero) is 1. The van der Waals surface area contributed by atoms with Gasteiger partial charge in [0, 0.05) is 11.1 Å². The van der Waals surface area contributed by atoms with Crippen LogP contribution in [-0.4, -0.2) is 16.8 Å². The Balaban J connectivity index is 2.55. The van der Waals surface area contributed by atoms with Crippen molar-refractivity contribution in [3.8, 4) is 0 Å². The van der Waals surface area contributed by atoms with Crippen LogP contribution in [0.1, 0.15) is 31.0 Å². The first-order chi connectivity index (χ1) is 7.04. The quantitative estimate of drug-likeness (QED) is 0.834. The molecule has 84 valence electrons. The van der Waals surface area contributed by atoms with Crippen LogP contribution < -0.4 is 5.73 Å². The van der Waals surface area contributed by atoms with Crippen molar-refractivity contribution in [1.82, 2.24) is 4.98 Å². The van der Waals surface area contributed by atoms with Crippen LogP contribution in [0, 0.1) is 12.8 Å².